The van der Waals surface area contributed by atoms with Crippen LogP contribution in [0.4, 0.5) is 0 Å². The fraction of sp³-hybridized carbons (Fsp3) is 0.286. The number of aromatic nitrogens is 2. The van der Waals surface area contributed by atoms with E-state index in [2.05, 4.69) is 4.98 Å². The van der Waals surface area contributed by atoms with Gasteiger partial charge in [-0.25, -0.2) is 4.79 Å². The van der Waals surface area contributed by atoms with Crippen molar-refractivity contribution in [1.29, 1.82) is 0 Å². The summed E-state index contributed by atoms with van der Waals surface area (Å²) in [6, 6.07) is 7.48. The highest BCUT2D eigenvalue weighted by Crippen LogP contribution is 2.12. The molecule has 5 nitrogen and oxygen atoms in total. The van der Waals surface area contributed by atoms with E-state index in [-0.39, 0.29) is 5.56 Å². The molecule has 0 bridgehead atoms. The van der Waals surface area contributed by atoms with Gasteiger partial charge in [-0.3, -0.25) is 14.3 Å². The predicted octanol–water partition coefficient (Wildman–Crippen LogP) is 1.16. The van der Waals surface area contributed by atoms with E-state index in [1.165, 1.54) is 4.57 Å². The molecule has 0 atom stereocenters. The smallest absolute Gasteiger partial charge is 0.328 e. The molecule has 0 fully saturated rings. The summed E-state index contributed by atoms with van der Waals surface area (Å²) in [5, 5.41) is 0. The van der Waals surface area contributed by atoms with Crippen molar-refractivity contribution in [2.24, 2.45) is 0 Å². The first-order chi connectivity index (χ1) is 9.13. The first-order valence-electron chi connectivity index (χ1n) is 6.09. The van der Waals surface area contributed by atoms with E-state index in [1.54, 1.807) is 13.3 Å². The minimum absolute atomic E-state index is 0.311. The molecule has 0 radical (unpaired) electrons. The average molecular weight is 260 g/mol. The zero-order valence-electron chi connectivity index (χ0n) is 11.0. The number of aryl methyl sites for hydroxylation is 1. The number of nitrogens with one attached hydrogen (secondary N) is 1. The fourth-order valence-corrected chi connectivity index (χ4v) is 1.89. The summed E-state index contributed by atoms with van der Waals surface area (Å²) < 4.78 is 6.64. The average Bonchev–Trinajstić information content (AvgIpc) is 2.42. The Hall–Kier alpha value is -2.30. The lowest BCUT2D eigenvalue weighted by Crippen LogP contribution is -2.31. The number of H-pyrrole nitrogens is 1. The van der Waals surface area contributed by atoms with Crippen molar-refractivity contribution < 1.29 is 4.74 Å². The Morgan fingerprint density at radius 3 is 2.79 bits per heavy atom. The lowest BCUT2D eigenvalue weighted by molar-refractivity contribution is 0.414. The molecule has 0 saturated carbocycles. The van der Waals surface area contributed by atoms with E-state index in [4.69, 9.17) is 4.74 Å². The van der Waals surface area contributed by atoms with Crippen LogP contribution in [-0.2, 0) is 13.0 Å². The van der Waals surface area contributed by atoms with Gasteiger partial charge in [0.2, 0.25) is 0 Å². The van der Waals surface area contributed by atoms with Gasteiger partial charge in [-0.2, -0.15) is 0 Å². The minimum Gasteiger partial charge on any atom is -0.497 e. The molecule has 2 aromatic rings. The van der Waals surface area contributed by atoms with E-state index in [1.807, 2.05) is 31.2 Å². The molecule has 0 spiro atoms. The zero-order valence-corrected chi connectivity index (χ0v) is 11.0. The molecule has 0 aliphatic heterocycles. The maximum atomic E-state index is 11.7. The van der Waals surface area contributed by atoms with Crippen molar-refractivity contribution in [3.63, 3.8) is 0 Å². The van der Waals surface area contributed by atoms with E-state index in [0.29, 0.717) is 18.5 Å². The highest BCUT2D eigenvalue weighted by Gasteiger charge is 2.04. The van der Waals surface area contributed by atoms with Gasteiger partial charge >= 0.3 is 5.69 Å². The normalized spacial score (nSPS) is 10.4. The molecule has 1 heterocycles. The molecular formula is C14H16N2O3. The molecule has 0 amide bonds. The number of aromatic amines is 1. The standard InChI is InChI=1S/C14H16N2O3/c1-3-11-9-16(14(18)15-13(11)17)8-10-5-4-6-12(7-10)19-2/h4-7,9H,3,8H2,1-2H3,(H,15,17,18). The second-order valence-electron chi connectivity index (χ2n) is 4.25. The van der Waals surface area contributed by atoms with Crippen molar-refractivity contribution in [1.82, 2.24) is 9.55 Å². The first kappa shape index (κ1) is 13.1. The van der Waals surface area contributed by atoms with Crippen LogP contribution in [0, 0.1) is 0 Å². The molecule has 0 aliphatic carbocycles. The van der Waals surface area contributed by atoms with E-state index < -0.39 is 5.69 Å². The second kappa shape index (κ2) is 5.56. The summed E-state index contributed by atoms with van der Waals surface area (Å²) in [7, 11) is 1.60. The molecule has 1 aromatic carbocycles. The van der Waals surface area contributed by atoms with Crippen LogP contribution in [0.2, 0.25) is 0 Å². The maximum Gasteiger partial charge on any atom is 0.328 e. The first-order valence-corrected chi connectivity index (χ1v) is 6.09. The molecule has 0 unspecified atom stereocenters. The summed E-state index contributed by atoms with van der Waals surface area (Å²) in [5.41, 5.74) is 0.831. The third kappa shape index (κ3) is 2.93. The van der Waals surface area contributed by atoms with Crippen LogP contribution >= 0.6 is 0 Å². The van der Waals surface area contributed by atoms with Gasteiger partial charge in [-0.05, 0) is 24.1 Å². The highest BCUT2D eigenvalue weighted by molar-refractivity contribution is 5.28. The monoisotopic (exact) mass is 260 g/mol. The highest BCUT2D eigenvalue weighted by atomic mass is 16.5. The number of rotatable bonds is 4. The van der Waals surface area contributed by atoms with Crippen LogP contribution in [0.5, 0.6) is 5.75 Å². The molecule has 1 aromatic heterocycles. The number of ether oxygens (including phenoxy) is 1. The summed E-state index contributed by atoms with van der Waals surface area (Å²) in [6.45, 7) is 2.28. The topological polar surface area (TPSA) is 64.1 Å². The molecule has 0 aliphatic rings. The Bertz CT molecular complexity index is 686. The van der Waals surface area contributed by atoms with Crippen molar-refractivity contribution in [2.75, 3.05) is 7.11 Å². The van der Waals surface area contributed by atoms with E-state index in [0.717, 1.165) is 11.3 Å². The maximum absolute atomic E-state index is 11.7. The zero-order chi connectivity index (χ0) is 13.8. The Balaban J connectivity index is 2.37. The van der Waals surface area contributed by atoms with Crippen molar-refractivity contribution in [3.8, 4) is 5.75 Å². The molecule has 2 rings (SSSR count). The van der Waals surface area contributed by atoms with E-state index in [9.17, 15) is 9.59 Å². The molecule has 1 N–H and O–H groups in total. The quantitative estimate of drug-likeness (QED) is 0.897. The molecule has 0 saturated heterocycles. The summed E-state index contributed by atoms with van der Waals surface area (Å²) >= 11 is 0. The summed E-state index contributed by atoms with van der Waals surface area (Å²) in [6.07, 6.45) is 2.20. The van der Waals surface area contributed by atoms with Gasteiger partial charge in [0.05, 0.1) is 13.7 Å². The fourth-order valence-electron chi connectivity index (χ4n) is 1.89. The van der Waals surface area contributed by atoms with Gasteiger partial charge in [-0.1, -0.05) is 19.1 Å². The van der Waals surface area contributed by atoms with Crippen molar-refractivity contribution in [2.45, 2.75) is 19.9 Å². The summed E-state index contributed by atoms with van der Waals surface area (Å²) in [5.74, 6) is 0.741. The Morgan fingerprint density at radius 2 is 2.11 bits per heavy atom. The summed E-state index contributed by atoms with van der Waals surface area (Å²) in [4.78, 5) is 25.6. The lowest BCUT2D eigenvalue weighted by atomic mass is 10.2. The van der Waals surface area contributed by atoms with Crippen molar-refractivity contribution >= 4 is 0 Å². The minimum atomic E-state index is -0.398. The van der Waals surface area contributed by atoms with Gasteiger partial charge in [0.15, 0.2) is 0 Å². The van der Waals surface area contributed by atoms with Crippen LogP contribution in [0.1, 0.15) is 18.1 Å². The van der Waals surface area contributed by atoms with Crippen LogP contribution in [-0.4, -0.2) is 16.7 Å². The Labute approximate surface area is 110 Å². The second-order valence-corrected chi connectivity index (χ2v) is 4.25. The largest absolute Gasteiger partial charge is 0.497 e. The Morgan fingerprint density at radius 1 is 1.32 bits per heavy atom. The van der Waals surface area contributed by atoms with Gasteiger partial charge in [-0.15, -0.1) is 0 Å². The van der Waals surface area contributed by atoms with Gasteiger partial charge < -0.3 is 4.74 Å². The number of nitrogens with zero attached hydrogens (tertiary/aromatic N) is 1. The van der Waals surface area contributed by atoms with Gasteiger partial charge in [0.1, 0.15) is 5.75 Å². The third-order valence-electron chi connectivity index (χ3n) is 2.95. The molecule has 100 valence electrons. The SMILES string of the molecule is CCc1cn(Cc2cccc(OC)c2)c(=O)[nH]c1=O. The van der Waals surface area contributed by atoms with Gasteiger partial charge in [0, 0.05) is 11.8 Å². The van der Waals surface area contributed by atoms with Crippen LogP contribution in [0.15, 0.2) is 40.1 Å². The molecule has 5 heteroatoms. The number of methoxy groups -OCH3 is 1. The van der Waals surface area contributed by atoms with Crippen LogP contribution < -0.4 is 16.0 Å². The number of hydrogen-bond donors (Lipinski definition) is 1. The lowest BCUT2D eigenvalue weighted by Gasteiger charge is -2.08. The van der Waals surface area contributed by atoms with Gasteiger partial charge in [0.25, 0.3) is 5.56 Å². The Kier molecular flexibility index (Phi) is 3.85. The van der Waals surface area contributed by atoms with Crippen LogP contribution in [0.25, 0.3) is 0 Å². The number of hydrogen-bond acceptors (Lipinski definition) is 3. The number of benzene rings is 1. The molecule has 19 heavy (non-hydrogen) atoms. The van der Waals surface area contributed by atoms with E-state index >= 15 is 0 Å². The predicted molar refractivity (Wildman–Crippen MR) is 72.8 cm³/mol. The third-order valence-corrected chi connectivity index (χ3v) is 2.95. The van der Waals surface area contributed by atoms with Crippen molar-refractivity contribution in [3.05, 3.63) is 62.4 Å². The van der Waals surface area contributed by atoms with Crippen LogP contribution in [0.3, 0.4) is 0 Å². The molecular weight excluding hydrogens is 244 g/mol.